The monoisotopic (exact) mass is 458 g/mol. The predicted molar refractivity (Wildman–Crippen MR) is 116 cm³/mol. The van der Waals surface area contributed by atoms with E-state index in [0.717, 1.165) is 43.4 Å². The Morgan fingerprint density at radius 2 is 1.88 bits per heavy atom. The summed E-state index contributed by atoms with van der Waals surface area (Å²) in [5.41, 5.74) is 1.71. The minimum Gasteiger partial charge on any atom is -0.466 e. The molecule has 0 bridgehead atoms. The maximum absolute atomic E-state index is 13.1. The lowest BCUT2D eigenvalue weighted by Gasteiger charge is -2.15. The number of ether oxygens (including phenoxy) is 1. The molecule has 4 nitrogen and oxygen atoms in total. The SMILES string of the molecule is CCOC(=O)CC1=C(C2=CCCCC2)C(=O)C(CC(=O)C#Cc2ccc(C(F)(F)F)cc2)C1. The zero-order valence-electron chi connectivity index (χ0n) is 18.4. The first-order valence-electron chi connectivity index (χ1n) is 11.0. The van der Waals surface area contributed by atoms with Crippen molar-refractivity contribution in [1.82, 2.24) is 0 Å². The summed E-state index contributed by atoms with van der Waals surface area (Å²) in [4.78, 5) is 37.6. The Hall–Kier alpha value is -3.14. The lowest BCUT2D eigenvalue weighted by Crippen LogP contribution is -2.15. The molecule has 0 saturated carbocycles. The van der Waals surface area contributed by atoms with Gasteiger partial charge in [0.2, 0.25) is 5.78 Å². The number of allylic oxidation sites excluding steroid dienone is 3. The molecule has 0 fully saturated rings. The molecule has 1 aromatic rings. The number of rotatable bonds is 6. The third-order valence-electron chi connectivity index (χ3n) is 5.73. The lowest BCUT2D eigenvalue weighted by atomic mass is 9.89. The van der Waals surface area contributed by atoms with E-state index < -0.39 is 29.4 Å². The van der Waals surface area contributed by atoms with Crippen LogP contribution >= 0.6 is 0 Å². The molecule has 0 heterocycles. The van der Waals surface area contributed by atoms with Gasteiger partial charge in [0.15, 0.2) is 5.78 Å². The van der Waals surface area contributed by atoms with Gasteiger partial charge in [-0.1, -0.05) is 12.0 Å². The number of esters is 1. The Morgan fingerprint density at radius 1 is 1.15 bits per heavy atom. The lowest BCUT2D eigenvalue weighted by molar-refractivity contribution is -0.142. The number of hydrogen-bond donors (Lipinski definition) is 0. The molecule has 0 amide bonds. The summed E-state index contributed by atoms with van der Waals surface area (Å²) in [6.45, 7) is 1.97. The second-order valence-electron chi connectivity index (χ2n) is 8.15. The fraction of sp³-hybridized carbons (Fsp3) is 0.423. The third kappa shape index (κ3) is 6.44. The molecule has 0 N–H and O–H groups in total. The summed E-state index contributed by atoms with van der Waals surface area (Å²) in [6, 6.07) is 4.22. The molecule has 1 aromatic carbocycles. The third-order valence-corrected chi connectivity index (χ3v) is 5.73. The Kier molecular flexibility index (Phi) is 7.91. The molecule has 0 aromatic heterocycles. The number of ketones is 2. The number of hydrogen-bond acceptors (Lipinski definition) is 4. The molecular formula is C26H25F3O4. The molecule has 2 aliphatic rings. The number of carbonyl (C=O) groups is 3. The maximum Gasteiger partial charge on any atom is 0.416 e. The van der Waals surface area contributed by atoms with Crippen LogP contribution < -0.4 is 0 Å². The van der Waals surface area contributed by atoms with Crippen LogP contribution in [0.15, 0.2) is 47.1 Å². The van der Waals surface area contributed by atoms with Gasteiger partial charge in [0.1, 0.15) is 0 Å². The molecule has 0 radical (unpaired) electrons. The number of halogens is 3. The first kappa shape index (κ1) is 24.5. The fourth-order valence-corrected chi connectivity index (χ4v) is 4.19. The molecule has 2 aliphatic carbocycles. The van der Waals surface area contributed by atoms with Crippen molar-refractivity contribution in [3.8, 4) is 11.8 Å². The van der Waals surface area contributed by atoms with E-state index in [-0.39, 0.29) is 30.8 Å². The topological polar surface area (TPSA) is 60.4 Å². The maximum atomic E-state index is 13.1. The normalized spacial score (nSPS) is 18.5. The summed E-state index contributed by atoms with van der Waals surface area (Å²) in [5, 5.41) is 0. The van der Waals surface area contributed by atoms with Gasteiger partial charge in [-0.05, 0) is 80.4 Å². The Bertz CT molecular complexity index is 1050. The Morgan fingerprint density at radius 3 is 2.48 bits per heavy atom. The highest BCUT2D eigenvalue weighted by atomic mass is 19.4. The molecular weight excluding hydrogens is 433 g/mol. The van der Waals surface area contributed by atoms with E-state index in [1.807, 2.05) is 6.08 Å². The van der Waals surface area contributed by atoms with Crippen LogP contribution in [-0.2, 0) is 25.3 Å². The largest absolute Gasteiger partial charge is 0.466 e. The average molecular weight is 458 g/mol. The summed E-state index contributed by atoms with van der Waals surface area (Å²) >= 11 is 0. The number of benzene rings is 1. The second kappa shape index (κ2) is 10.7. The van der Waals surface area contributed by atoms with Gasteiger partial charge in [-0.3, -0.25) is 14.4 Å². The molecule has 7 heteroatoms. The molecule has 174 valence electrons. The van der Waals surface area contributed by atoms with Crippen molar-refractivity contribution in [2.24, 2.45) is 5.92 Å². The first-order chi connectivity index (χ1) is 15.7. The number of alkyl halides is 3. The number of carbonyl (C=O) groups excluding carboxylic acids is 3. The van der Waals surface area contributed by atoms with Gasteiger partial charge in [0.05, 0.1) is 18.6 Å². The highest BCUT2D eigenvalue weighted by molar-refractivity contribution is 6.08. The van der Waals surface area contributed by atoms with E-state index in [4.69, 9.17) is 4.74 Å². The van der Waals surface area contributed by atoms with Crippen LogP contribution in [0.3, 0.4) is 0 Å². The fourth-order valence-electron chi connectivity index (χ4n) is 4.19. The molecule has 3 rings (SSSR count). The van der Waals surface area contributed by atoms with E-state index >= 15 is 0 Å². The standard InChI is InChI=1S/C26H25F3O4/c1-2-33-23(31)16-19-14-20(25(32)24(19)18-6-4-3-5-7-18)15-22(30)13-10-17-8-11-21(12-9-17)26(27,28)29/h6,8-9,11-12,20H,2-5,7,14-16H2,1H3. The molecule has 0 saturated heterocycles. The minimum absolute atomic E-state index is 0.0220. The van der Waals surface area contributed by atoms with Crippen molar-refractivity contribution in [1.29, 1.82) is 0 Å². The zero-order valence-corrected chi connectivity index (χ0v) is 18.4. The van der Waals surface area contributed by atoms with Crippen LogP contribution in [0, 0.1) is 17.8 Å². The highest BCUT2D eigenvalue weighted by Gasteiger charge is 2.36. The molecule has 1 unspecified atom stereocenters. The summed E-state index contributed by atoms with van der Waals surface area (Å²) in [5.74, 6) is 3.39. The van der Waals surface area contributed by atoms with Crippen molar-refractivity contribution in [3.63, 3.8) is 0 Å². The molecule has 0 aliphatic heterocycles. The van der Waals surface area contributed by atoms with Gasteiger partial charge in [-0.15, -0.1) is 0 Å². The first-order valence-corrected chi connectivity index (χ1v) is 11.0. The number of Topliss-reactive ketones (excluding diaryl/α,β-unsaturated/α-hetero) is 2. The Balaban J connectivity index is 1.71. The quantitative estimate of drug-likeness (QED) is 0.426. The van der Waals surface area contributed by atoms with Crippen molar-refractivity contribution < 1.29 is 32.3 Å². The van der Waals surface area contributed by atoms with Crippen LogP contribution in [0.5, 0.6) is 0 Å². The predicted octanol–water partition coefficient (Wildman–Crippen LogP) is 5.36. The molecule has 0 spiro atoms. The minimum atomic E-state index is -4.44. The molecule has 33 heavy (non-hydrogen) atoms. The van der Waals surface area contributed by atoms with Crippen LogP contribution in [0.2, 0.25) is 0 Å². The van der Waals surface area contributed by atoms with E-state index in [0.29, 0.717) is 17.6 Å². The van der Waals surface area contributed by atoms with Crippen molar-refractivity contribution in [2.45, 2.75) is 58.0 Å². The van der Waals surface area contributed by atoms with Crippen molar-refractivity contribution >= 4 is 17.5 Å². The van der Waals surface area contributed by atoms with Crippen LogP contribution in [0.25, 0.3) is 0 Å². The van der Waals surface area contributed by atoms with Gasteiger partial charge in [0.25, 0.3) is 0 Å². The summed E-state index contributed by atoms with van der Waals surface area (Å²) < 4.78 is 43.0. The Labute approximate surface area is 190 Å². The van der Waals surface area contributed by atoms with Crippen LogP contribution in [0.4, 0.5) is 13.2 Å². The van der Waals surface area contributed by atoms with Gasteiger partial charge in [-0.25, -0.2) is 0 Å². The van der Waals surface area contributed by atoms with E-state index in [1.54, 1.807) is 6.92 Å². The van der Waals surface area contributed by atoms with Crippen molar-refractivity contribution in [2.75, 3.05) is 6.61 Å². The van der Waals surface area contributed by atoms with Crippen molar-refractivity contribution in [3.05, 3.63) is 58.2 Å². The van der Waals surface area contributed by atoms with Crippen LogP contribution in [-0.4, -0.2) is 24.1 Å². The highest BCUT2D eigenvalue weighted by Crippen LogP contribution is 2.39. The summed E-state index contributed by atoms with van der Waals surface area (Å²) in [7, 11) is 0. The van der Waals surface area contributed by atoms with E-state index in [9.17, 15) is 27.6 Å². The second-order valence-corrected chi connectivity index (χ2v) is 8.15. The van der Waals surface area contributed by atoms with Crippen LogP contribution in [0.1, 0.15) is 63.0 Å². The van der Waals surface area contributed by atoms with Gasteiger partial charge in [0, 0.05) is 23.5 Å². The van der Waals surface area contributed by atoms with Gasteiger partial charge >= 0.3 is 12.1 Å². The van der Waals surface area contributed by atoms with Gasteiger partial charge < -0.3 is 4.74 Å². The van der Waals surface area contributed by atoms with E-state index in [1.165, 1.54) is 12.1 Å². The average Bonchev–Trinajstić information content (AvgIpc) is 3.07. The summed E-state index contributed by atoms with van der Waals surface area (Å²) in [6.07, 6.45) is 1.49. The zero-order chi connectivity index (χ0) is 24.0. The van der Waals surface area contributed by atoms with Gasteiger partial charge in [-0.2, -0.15) is 13.2 Å². The van der Waals surface area contributed by atoms with E-state index in [2.05, 4.69) is 11.8 Å². The smallest absolute Gasteiger partial charge is 0.416 e. The molecule has 1 atom stereocenters.